The fourth-order valence-corrected chi connectivity index (χ4v) is 1.55. The SMILES string of the molecule is CCCNC(=O)CC/C(N)=C/N(N)CCOCCOCCN=O. The summed E-state index contributed by atoms with van der Waals surface area (Å²) in [5, 5.41) is 6.89. The molecule has 0 aromatic rings. The molecule has 5 N–H and O–H groups in total. The largest absolute Gasteiger partial charge is 0.401 e. The molecule has 0 atom stereocenters. The Kier molecular flexibility index (Phi) is 14.1. The van der Waals surface area contributed by atoms with Gasteiger partial charge in [0.15, 0.2) is 0 Å². The standard InChI is InChI=1S/C14H29N5O4/c1-2-5-17-14(20)4-3-13(15)12-19(16)7-9-23-11-10-22-8-6-18-21/h12H,2-11,15-16H2,1H3,(H,17,20)/b13-12-. The fourth-order valence-electron chi connectivity index (χ4n) is 1.55. The Balaban J connectivity index is 3.63. The van der Waals surface area contributed by atoms with E-state index in [-0.39, 0.29) is 12.5 Å². The number of hydrazine groups is 1. The lowest BCUT2D eigenvalue weighted by Crippen LogP contribution is -2.31. The lowest BCUT2D eigenvalue weighted by atomic mass is 10.2. The molecule has 0 aliphatic rings. The number of allylic oxidation sites excluding steroid dienone is 1. The van der Waals surface area contributed by atoms with Gasteiger partial charge < -0.3 is 25.5 Å². The molecular weight excluding hydrogens is 302 g/mol. The lowest BCUT2D eigenvalue weighted by Gasteiger charge is -2.15. The average Bonchev–Trinajstić information content (AvgIpc) is 2.53. The quantitative estimate of drug-likeness (QED) is 0.167. The molecule has 0 rings (SSSR count). The van der Waals surface area contributed by atoms with Gasteiger partial charge in [0.1, 0.15) is 6.54 Å². The molecule has 0 saturated heterocycles. The molecule has 0 saturated carbocycles. The van der Waals surface area contributed by atoms with E-state index in [4.69, 9.17) is 21.1 Å². The number of amides is 1. The van der Waals surface area contributed by atoms with Crippen LogP contribution in [0.3, 0.4) is 0 Å². The van der Waals surface area contributed by atoms with Crippen LogP contribution in [-0.4, -0.2) is 57.0 Å². The number of nitrogens with one attached hydrogen (secondary N) is 1. The Morgan fingerprint density at radius 1 is 1.22 bits per heavy atom. The van der Waals surface area contributed by atoms with Crippen molar-refractivity contribution in [1.82, 2.24) is 10.3 Å². The molecule has 0 aromatic heterocycles. The summed E-state index contributed by atoms with van der Waals surface area (Å²) in [6.45, 7) is 4.85. The summed E-state index contributed by atoms with van der Waals surface area (Å²) < 4.78 is 10.4. The second-order valence-corrected chi connectivity index (χ2v) is 4.87. The van der Waals surface area contributed by atoms with Crippen LogP contribution < -0.4 is 16.9 Å². The number of carbonyl (C=O) groups excluding carboxylic acids is 1. The minimum absolute atomic E-state index is 0.0140. The van der Waals surface area contributed by atoms with E-state index >= 15 is 0 Å². The zero-order valence-electron chi connectivity index (χ0n) is 13.8. The van der Waals surface area contributed by atoms with Crippen LogP contribution in [0.25, 0.3) is 0 Å². The number of nitrogens with zero attached hydrogens (tertiary/aromatic N) is 2. The van der Waals surface area contributed by atoms with Crippen molar-refractivity contribution in [1.29, 1.82) is 0 Å². The van der Waals surface area contributed by atoms with E-state index in [1.54, 1.807) is 6.20 Å². The van der Waals surface area contributed by atoms with Crippen LogP contribution in [-0.2, 0) is 14.3 Å². The molecule has 0 spiro atoms. The van der Waals surface area contributed by atoms with Crippen LogP contribution in [0, 0.1) is 4.91 Å². The van der Waals surface area contributed by atoms with Gasteiger partial charge in [-0.3, -0.25) is 4.79 Å². The number of nitroso groups, excluding NO2 is 1. The van der Waals surface area contributed by atoms with Crippen LogP contribution in [0.4, 0.5) is 0 Å². The van der Waals surface area contributed by atoms with Crippen molar-refractivity contribution < 1.29 is 14.3 Å². The van der Waals surface area contributed by atoms with Gasteiger partial charge in [-0.15, -0.1) is 0 Å². The molecule has 9 nitrogen and oxygen atoms in total. The van der Waals surface area contributed by atoms with Gasteiger partial charge in [-0.25, -0.2) is 5.84 Å². The van der Waals surface area contributed by atoms with Gasteiger partial charge in [-0.05, 0) is 12.8 Å². The first kappa shape index (κ1) is 21.3. The van der Waals surface area contributed by atoms with Crippen molar-refractivity contribution in [2.45, 2.75) is 26.2 Å². The number of nitrogens with two attached hydrogens (primary N) is 2. The number of ether oxygens (including phenoxy) is 2. The van der Waals surface area contributed by atoms with Crippen molar-refractivity contribution in [2.24, 2.45) is 16.8 Å². The van der Waals surface area contributed by atoms with Gasteiger partial charge in [-0.1, -0.05) is 12.1 Å². The van der Waals surface area contributed by atoms with Crippen LogP contribution in [0.1, 0.15) is 26.2 Å². The number of rotatable bonds is 15. The van der Waals surface area contributed by atoms with Gasteiger partial charge in [0, 0.05) is 24.9 Å². The Morgan fingerprint density at radius 3 is 2.57 bits per heavy atom. The highest BCUT2D eigenvalue weighted by Crippen LogP contribution is 1.99. The molecule has 0 radical (unpaired) electrons. The van der Waals surface area contributed by atoms with Crippen LogP contribution in [0.5, 0.6) is 0 Å². The number of hydrogen-bond acceptors (Lipinski definition) is 8. The molecule has 0 unspecified atom stereocenters. The zero-order valence-corrected chi connectivity index (χ0v) is 13.8. The minimum atomic E-state index is -0.0140. The van der Waals surface area contributed by atoms with Gasteiger partial charge in [0.2, 0.25) is 5.91 Å². The maximum Gasteiger partial charge on any atom is 0.220 e. The first-order valence-electron chi connectivity index (χ1n) is 7.79. The fraction of sp³-hybridized carbons (Fsp3) is 0.786. The second-order valence-electron chi connectivity index (χ2n) is 4.87. The summed E-state index contributed by atoms with van der Waals surface area (Å²) in [7, 11) is 0. The number of carbonyl (C=O) groups is 1. The first-order chi connectivity index (χ1) is 11.1. The second kappa shape index (κ2) is 15.2. The molecular formula is C14H29N5O4. The van der Waals surface area contributed by atoms with E-state index in [1.807, 2.05) is 6.92 Å². The molecule has 134 valence electrons. The van der Waals surface area contributed by atoms with Crippen LogP contribution in [0.15, 0.2) is 17.1 Å². The van der Waals surface area contributed by atoms with Crippen molar-refractivity contribution in [2.75, 3.05) is 46.1 Å². The van der Waals surface area contributed by atoms with Crippen molar-refractivity contribution in [3.8, 4) is 0 Å². The van der Waals surface area contributed by atoms with Crippen LogP contribution >= 0.6 is 0 Å². The smallest absolute Gasteiger partial charge is 0.220 e. The van der Waals surface area contributed by atoms with Gasteiger partial charge in [0.05, 0.1) is 33.0 Å². The van der Waals surface area contributed by atoms with E-state index in [0.717, 1.165) is 6.42 Å². The summed E-state index contributed by atoms with van der Waals surface area (Å²) in [6, 6.07) is 0. The van der Waals surface area contributed by atoms with Crippen molar-refractivity contribution >= 4 is 5.91 Å². The average molecular weight is 331 g/mol. The summed E-state index contributed by atoms with van der Waals surface area (Å²) in [5.41, 5.74) is 6.36. The predicted molar refractivity (Wildman–Crippen MR) is 88.0 cm³/mol. The molecule has 0 aliphatic carbocycles. The Morgan fingerprint density at radius 2 is 1.91 bits per heavy atom. The van der Waals surface area contributed by atoms with Crippen molar-refractivity contribution in [3.63, 3.8) is 0 Å². The van der Waals surface area contributed by atoms with Gasteiger partial charge >= 0.3 is 0 Å². The molecule has 0 aromatic carbocycles. The third-order valence-electron chi connectivity index (χ3n) is 2.74. The van der Waals surface area contributed by atoms with E-state index in [9.17, 15) is 9.70 Å². The third kappa shape index (κ3) is 15.0. The summed E-state index contributed by atoms with van der Waals surface area (Å²) in [4.78, 5) is 21.3. The Labute approximate surface area is 137 Å². The third-order valence-corrected chi connectivity index (χ3v) is 2.74. The minimum Gasteiger partial charge on any atom is -0.401 e. The normalized spacial score (nSPS) is 11.3. The highest BCUT2D eigenvalue weighted by molar-refractivity contribution is 5.76. The first-order valence-corrected chi connectivity index (χ1v) is 7.79. The highest BCUT2D eigenvalue weighted by atomic mass is 16.5. The molecule has 9 heteroatoms. The summed E-state index contributed by atoms with van der Waals surface area (Å²) in [5.74, 6) is 5.75. The Hall–Kier alpha value is -1.71. The molecule has 0 bridgehead atoms. The lowest BCUT2D eigenvalue weighted by molar-refractivity contribution is -0.121. The monoisotopic (exact) mass is 331 g/mol. The maximum atomic E-state index is 11.4. The molecule has 1 amide bonds. The maximum absolute atomic E-state index is 11.4. The molecule has 0 fully saturated rings. The van der Waals surface area contributed by atoms with Crippen LogP contribution in [0.2, 0.25) is 0 Å². The zero-order chi connectivity index (χ0) is 17.3. The Bertz CT molecular complexity index is 352. The van der Waals surface area contributed by atoms with E-state index in [1.165, 1.54) is 5.01 Å². The van der Waals surface area contributed by atoms with Gasteiger partial charge in [0.25, 0.3) is 0 Å². The molecule has 0 heterocycles. The van der Waals surface area contributed by atoms with Gasteiger partial charge in [-0.2, -0.15) is 4.91 Å². The highest BCUT2D eigenvalue weighted by Gasteiger charge is 2.02. The van der Waals surface area contributed by atoms with E-state index < -0.39 is 0 Å². The molecule has 23 heavy (non-hydrogen) atoms. The number of hydrogen-bond donors (Lipinski definition) is 3. The predicted octanol–water partition coefficient (Wildman–Crippen LogP) is 0.0682. The topological polar surface area (TPSA) is 132 Å². The van der Waals surface area contributed by atoms with Crippen molar-refractivity contribution in [3.05, 3.63) is 16.8 Å². The van der Waals surface area contributed by atoms with E-state index in [0.29, 0.717) is 58.1 Å². The summed E-state index contributed by atoms with van der Waals surface area (Å²) >= 11 is 0. The molecule has 0 aliphatic heterocycles. The summed E-state index contributed by atoms with van der Waals surface area (Å²) in [6.07, 6.45) is 3.32. The van der Waals surface area contributed by atoms with E-state index in [2.05, 4.69) is 10.5 Å².